The van der Waals surface area contributed by atoms with E-state index in [1.807, 2.05) is 0 Å². The van der Waals surface area contributed by atoms with Crippen molar-refractivity contribution in [3.63, 3.8) is 0 Å². The Balaban J connectivity index is 3.51. The maximum atomic E-state index is 13.3. The van der Waals surface area contributed by atoms with Crippen LogP contribution in [0.1, 0.15) is 0 Å². The van der Waals surface area contributed by atoms with E-state index in [9.17, 15) is 35.1 Å². The topological polar surface area (TPSA) is 20.2 Å². The molecular weight excluding hydrogens is 332 g/mol. The normalized spacial score (nSPS) is 27.5. The molecule has 0 aliphatic heterocycles. The first-order chi connectivity index (χ1) is 8.35. The zero-order valence-electron chi connectivity index (χ0n) is 8.67. The number of hydrogen-bond acceptors (Lipinski definition) is 2. The second-order valence-electron chi connectivity index (χ2n) is 3.51. The molecule has 0 aromatic heterocycles. The van der Waals surface area contributed by atoms with Crippen LogP contribution in [0, 0.1) is 0 Å². The summed E-state index contributed by atoms with van der Waals surface area (Å²) in [5.41, 5.74) is 0. The van der Waals surface area contributed by atoms with Gasteiger partial charge in [0.2, 0.25) is 0 Å². The van der Waals surface area contributed by atoms with Gasteiger partial charge in [-0.25, -0.2) is 0 Å². The molecule has 19 heavy (non-hydrogen) atoms. The van der Waals surface area contributed by atoms with E-state index in [4.69, 9.17) is 16.7 Å². The molecule has 0 saturated carbocycles. The van der Waals surface area contributed by atoms with Gasteiger partial charge in [-0.1, -0.05) is 11.6 Å². The van der Waals surface area contributed by atoms with Crippen molar-refractivity contribution < 1.29 is 40.2 Å². The van der Waals surface area contributed by atoms with Gasteiger partial charge >= 0.3 is 23.7 Å². The number of thioether (sulfide) groups is 1. The second-order valence-corrected chi connectivity index (χ2v) is 5.00. The van der Waals surface area contributed by atoms with E-state index in [0.717, 1.165) is 0 Å². The van der Waals surface area contributed by atoms with Crippen LogP contribution >= 0.6 is 23.4 Å². The fraction of sp³-hybridized carbons (Fsp3) is 0.750. The molecule has 0 heterocycles. The maximum Gasteiger partial charge on any atom is 0.383 e. The highest BCUT2D eigenvalue weighted by atomic mass is 35.5. The number of aliphatic hydroxyl groups is 1. The van der Waals surface area contributed by atoms with Crippen molar-refractivity contribution >= 4 is 23.4 Å². The first kappa shape index (κ1) is 16.8. The van der Waals surface area contributed by atoms with Crippen LogP contribution in [0.15, 0.2) is 9.94 Å². The fourth-order valence-corrected chi connectivity index (χ4v) is 2.52. The lowest BCUT2D eigenvalue weighted by atomic mass is 9.91. The van der Waals surface area contributed by atoms with Crippen molar-refractivity contribution in [1.82, 2.24) is 0 Å². The van der Waals surface area contributed by atoms with E-state index in [2.05, 4.69) is 0 Å². The average Bonchev–Trinajstić information content (AvgIpc) is 2.26. The van der Waals surface area contributed by atoms with Crippen LogP contribution in [0.5, 0.6) is 0 Å². The first-order valence-electron chi connectivity index (χ1n) is 4.51. The van der Waals surface area contributed by atoms with Crippen LogP contribution in [-0.2, 0) is 0 Å². The lowest BCUT2D eigenvalue weighted by Crippen LogP contribution is -2.66. The Morgan fingerprint density at radius 3 is 1.74 bits per heavy atom. The van der Waals surface area contributed by atoms with E-state index in [-0.39, 0.29) is 11.8 Å². The molecule has 1 aliphatic carbocycles. The minimum absolute atomic E-state index is 0.328. The summed E-state index contributed by atoms with van der Waals surface area (Å²) in [6, 6.07) is 0. The molecule has 0 atom stereocenters. The van der Waals surface area contributed by atoms with Crippen LogP contribution in [0.2, 0.25) is 0 Å². The standard InChI is InChI=1S/C8H5ClF8OS/c9-3-4(19-2-1-18)6(12,13)8(16,17)7(14,15)5(3,10)11/h18H,1-2H2. The molecule has 0 bridgehead atoms. The predicted octanol–water partition coefficient (Wildman–Crippen LogP) is 3.72. The van der Waals surface area contributed by atoms with Crippen molar-refractivity contribution in [2.75, 3.05) is 12.4 Å². The molecule has 0 radical (unpaired) electrons. The second kappa shape index (κ2) is 4.66. The highest BCUT2D eigenvalue weighted by molar-refractivity contribution is 8.03. The summed E-state index contributed by atoms with van der Waals surface area (Å²) in [4.78, 5) is -2.07. The van der Waals surface area contributed by atoms with Gasteiger partial charge in [-0.3, -0.25) is 0 Å². The molecule has 0 spiro atoms. The van der Waals surface area contributed by atoms with Gasteiger partial charge in [-0.15, -0.1) is 11.8 Å². The van der Waals surface area contributed by atoms with Gasteiger partial charge in [0.05, 0.1) is 11.5 Å². The molecule has 1 nitrogen and oxygen atoms in total. The molecule has 112 valence electrons. The minimum atomic E-state index is -6.33. The highest BCUT2D eigenvalue weighted by Crippen LogP contribution is 2.64. The number of halogens is 9. The van der Waals surface area contributed by atoms with Crippen LogP contribution < -0.4 is 0 Å². The number of allylic oxidation sites excluding steroid dienone is 2. The summed E-state index contributed by atoms with van der Waals surface area (Å²) in [6.07, 6.45) is 0. The average molecular weight is 337 g/mol. The summed E-state index contributed by atoms with van der Waals surface area (Å²) >= 11 is 4.41. The number of hydrogen-bond donors (Lipinski definition) is 1. The van der Waals surface area contributed by atoms with Gasteiger partial charge in [0.25, 0.3) is 0 Å². The lowest BCUT2D eigenvalue weighted by molar-refractivity contribution is -0.354. The van der Waals surface area contributed by atoms with E-state index in [1.165, 1.54) is 0 Å². The molecule has 0 amide bonds. The molecule has 11 heteroatoms. The van der Waals surface area contributed by atoms with Gasteiger partial charge in [0, 0.05) is 5.75 Å². The zero-order valence-corrected chi connectivity index (χ0v) is 10.2. The SMILES string of the molecule is OCCSC1=C(Cl)C(F)(F)C(F)(F)C(F)(F)C1(F)F. The third-order valence-corrected chi connectivity index (χ3v) is 3.96. The van der Waals surface area contributed by atoms with Crippen LogP contribution in [0.3, 0.4) is 0 Å². The van der Waals surface area contributed by atoms with Crippen molar-refractivity contribution in [2.24, 2.45) is 0 Å². The summed E-state index contributed by atoms with van der Waals surface area (Å²) < 4.78 is 104. The largest absolute Gasteiger partial charge is 0.396 e. The van der Waals surface area contributed by atoms with E-state index in [1.54, 1.807) is 0 Å². The molecule has 0 aromatic rings. The molecule has 0 fully saturated rings. The van der Waals surface area contributed by atoms with E-state index in [0.29, 0.717) is 0 Å². The molecular formula is C8H5ClF8OS. The Morgan fingerprint density at radius 1 is 0.895 bits per heavy atom. The third kappa shape index (κ3) is 2.02. The predicted molar refractivity (Wildman–Crippen MR) is 52.2 cm³/mol. The first-order valence-corrected chi connectivity index (χ1v) is 5.87. The third-order valence-electron chi connectivity index (χ3n) is 2.28. The van der Waals surface area contributed by atoms with Gasteiger partial charge in [-0.2, -0.15) is 35.1 Å². The monoisotopic (exact) mass is 336 g/mol. The highest BCUT2D eigenvalue weighted by Gasteiger charge is 2.86. The summed E-state index contributed by atoms with van der Waals surface area (Å²) in [7, 11) is 0. The maximum absolute atomic E-state index is 13.3. The van der Waals surface area contributed by atoms with Gasteiger partial charge in [-0.05, 0) is 0 Å². The Hall–Kier alpha value is -0.220. The summed E-state index contributed by atoms with van der Waals surface area (Å²) in [5.74, 6) is -24.5. The van der Waals surface area contributed by atoms with Crippen molar-refractivity contribution in [3.8, 4) is 0 Å². The van der Waals surface area contributed by atoms with Crippen LogP contribution in [-0.4, -0.2) is 41.2 Å². The fourth-order valence-electron chi connectivity index (χ4n) is 1.26. The minimum Gasteiger partial charge on any atom is -0.396 e. The molecule has 1 aliphatic rings. The van der Waals surface area contributed by atoms with Crippen LogP contribution in [0.25, 0.3) is 0 Å². The number of aliphatic hydroxyl groups excluding tert-OH is 1. The zero-order chi connectivity index (χ0) is 15.3. The molecule has 0 saturated heterocycles. The lowest BCUT2D eigenvalue weighted by Gasteiger charge is -2.42. The Bertz CT molecular complexity index is 408. The van der Waals surface area contributed by atoms with Crippen molar-refractivity contribution in [3.05, 3.63) is 9.94 Å². The molecule has 1 N–H and O–H groups in total. The summed E-state index contributed by atoms with van der Waals surface area (Å²) in [6.45, 7) is -0.818. The Kier molecular flexibility index (Phi) is 4.13. The molecule has 0 unspecified atom stereocenters. The van der Waals surface area contributed by atoms with Gasteiger partial charge < -0.3 is 5.11 Å². The summed E-state index contributed by atoms with van der Waals surface area (Å²) in [5, 5.41) is 6.02. The number of rotatable bonds is 3. The Morgan fingerprint density at radius 2 is 1.32 bits per heavy atom. The van der Waals surface area contributed by atoms with Crippen LogP contribution in [0.4, 0.5) is 35.1 Å². The molecule has 1 rings (SSSR count). The van der Waals surface area contributed by atoms with Gasteiger partial charge in [0.15, 0.2) is 0 Å². The molecule has 0 aromatic carbocycles. The van der Waals surface area contributed by atoms with E-state index < -0.39 is 46.0 Å². The van der Waals surface area contributed by atoms with Crippen molar-refractivity contribution in [1.29, 1.82) is 0 Å². The van der Waals surface area contributed by atoms with Crippen molar-refractivity contribution in [2.45, 2.75) is 23.7 Å². The smallest absolute Gasteiger partial charge is 0.383 e. The van der Waals surface area contributed by atoms with E-state index >= 15 is 0 Å². The Labute approximate surface area is 110 Å². The quantitative estimate of drug-likeness (QED) is 0.793. The number of alkyl halides is 8. The van der Waals surface area contributed by atoms with Gasteiger partial charge in [0.1, 0.15) is 5.03 Å².